The van der Waals surface area contributed by atoms with Crippen molar-refractivity contribution in [3.63, 3.8) is 0 Å². The number of rotatable bonds is 7. The maximum Gasteiger partial charge on any atom is 0.413 e. The lowest BCUT2D eigenvalue weighted by molar-refractivity contribution is 0.161. The van der Waals surface area contributed by atoms with Crippen molar-refractivity contribution < 1.29 is 18.7 Å². The molecule has 2 rings (SSSR count). The van der Waals surface area contributed by atoms with Crippen molar-refractivity contribution in [3.05, 3.63) is 48.4 Å². The number of hydrogen-bond donors (Lipinski definition) is 2. The first kappa shape index (κ1) is 20.3. The van der Waals surface area contributed by atoms with Crippen LogP contribution in [0.2, 0.25) is 0 Å². The third-order valence-corrected chi connectivity index (χ3v) is 4.01. The van der Waals surface area contributed by atoms with E-state index < -0.39 is 6.09 Å². The summed E-state index contributed by atoms with van der Waals surface area (Å²) in [6.45, 7) is 2.47. The van der Waals surface area contributed by atoms with Gasteiger partial charge in [0.2, 0.25) is 0 Å². The van der Waals surface area contributed by atoms with Gasteiger partial charge in [-0.15, -0.1) is 0 Å². The van der Waals surface area contributed by atoms with Gasteiger partial charge in [0.15, 0.2) is 0 Å². The number of hydrogen-bond acceptors (Lipinski definition) is 5. The highest BCUT2D eigenvalue weighted by atomic mass is 16.6. The molecular formula is C19H26N4O4. The minimum Gasteiger partial charge on any atom is -0.468 e. The summed E-state index contributed by atoms with van der Waals surface area (Å²) in [5.74, 6) is 0.784. The fourth-order valence-electron chi connectivity index (χ4n) is 2.48. The Morgan fingerprint density at radius 3 is 2.41 bits per heavy atom. The molecule has 2 aromatic rings. The number of carbonyl (C=O) groups excluding carboxylic acids is 2. The summed E-state index contributed by atoms with van der Waals surface area (Å²) in [6.07, 6.45) is 1.18. The topological polar surface area (TPSA) is 87.0 Å². The smallest absolute Gasteiger partial charge is 0.413 e. The normalized spacial score (nSPS) is 11.7. The summed E-state index contributed by atoms with van der Waals surface area (Å²) in [4.78, 5) is 27.3. The zero-order valence-corrected chi connectivity index (χ0v) is 16.1. The van der Waals surface area contributed by atoms with Crippen molar-refractivity contribution in [2.24, 2.45) is 0 Å². The lowest BCUT2D eigenvalue weighted by Crippen LogP contribution is -2.36. The van der Waals surface area contributed by atoms with Crippen molar-refractivity contribution in [2.75, 3.05) is 44.5 Å². The molecule has 0 aliphatic carbocycles. The molecule has 0 spiro atoms. The van der Waals surface area contributed by atoms with Crippen LogP contribution in [0, 0.1) is 0 Å². The van der Waals surface area contributed by atoms with Crippen LogP contribution in [0.25, 0.3) is 0 Å². The lowest BCUT2D eigenvalue weighted by atomic mass is 10.2. The van der Waals surface area contributed by atoms with E-state index in [2.05, 4.69) is 10.6 Å². The molecule has 27 heavy (non-hydrogen) atoms. The van der Waals surface area contributed by atoms with Crippen LogP contribution in [0.4, 0.5) is 21.0 Å². The Labute approximate surface area is 159 Å². The van der Waals surface area contributed by atoms with Gasteiger partial charge in [-0.3, -0.25) is 9.80 Å². The molecule has 1 unspecified atom stereocenters. The van der Waals surface area contributed by atoms with E-state index in [-0.39, 0.29) is 12.1 Å². The van der Waals surface area contributed by atoms with Gasteiger partial charge in [-0.05, 0) is 57.4 Å². The zero-order valence-electron chi connectivity index (χ0n) is 16.1. The second kappa shape index (κ2) is 9.63. The fourth-order valence-corrected chi connectivity index (χ4v) is 2.48. The molecule has 8 heteroatoms. The molecule has 8 nitrogen and oxygen atoms in total. The number of amides is 3. The highest BCUT2D eigenvalue weighted by Gasteiger charge is 2.18. The number of nitrogens with one attached hydrogen (secondary N) is 2. The van der Waals surface area contributed by atoms with E-state index in [0.717, 1.165) is 5.76 Å². The number of nitrogens with zero attached hydrogens (tertiary/aromatic N) is 2. The van der Waals surface area contributed by atoms with Gasteiger partial charge < -0.3 is 19.8 Å². The average Bonchev–Trinajstić information content (AvgIpc) is 3.16. The van der Waals surface area contributed by atoms with Crippen LogP contribution in [0.1, 0.15) is 18.7 Å². The summed E-state index contributed by atoms with van der Waals surface area (Å²) in [7, 11) is 5.47. The molecule has 0 radical (unpaired) electrons. The van der Waals surface area contributed by atoms with Crippen LogP contribution in [0.15, 0.2) is 47.1 Å². The highest BCUT2D eigenvalue weighted by Crippen LogP contribution is 2.19. The molecule has 0 bridgehead atoms. The minimum atomic E-state index is -0.427. The number of carbonyl (C=O) groups is 2. The summed E-state index contributed by atoms with van der Waals surface area (Å²) < 4.78 is 10.4. The van der Waals surface area contributed by atoms with Crippen molar-refractivity contribution >= 4 is 23.5 Å². The molecule has 0 fully saturated rings. The standard InChI is InChI=1S/C19H26N4O4/c1-5-26-19(25)23(4)15-10-8-14(9-11-15)21-18(24)20-13-16(22(2)3)17-7-6-12-27-17/h6-12,16H,5,13H2,1-4H3,(H2,20,21,24). The zero-order chi connectivity index (χ0) is 19.8. The lowest BCUT2D eigenvalue weighted by Gasteiger charge is -2.22. The Hall–Kier alpha value is -3.00. The maximum atomic E-state index is 12.2. The van der Waals surface area contributed by atoms with Gasteiger partial charge in [-0.25, -0.2) is 9.59 Å². The van der Waals surface area contributed by atoms with Crippen molar-refractivity contribution in [1.29, 1.82) is 0 Å². The Morgan fingerprint density at radius 2 is 1.85 bits per heavy atom. The van der Waals surface area contributed by atoms with Gasteiger partial charge in [0.1, 0.15) is 5.76 Å². The van der Waals surface area contributed by atoms with E-state index in [1.54, 1.807) is 44.5 Å². The second-order valence-corrected chi connectivity index (χ2v) is 6.13. The highest BCUT2D eigenvalue weighted by molar-refractivity contribution is 5.90. The monoisotopic (exact) mass is 374 g/mol. The van der Waals surface area contributed by atoms with Crippen LogP contribution >= 0.6 is 0 Å². The van der Waals surface area contributed by atoms with Crippen molar-refractivity contribution in [3.8, 4) is 0 Å². The second-order valence-electron chi connectivity index (χ2n) is 6.13. The van der Waals surface area contributed by atoms with E-state index in [1.165, 1.54) is 4.90 Å². The number of anilines is 2. The molecule has 1 aromatic heterocycles. The number of benzene rings is 1. The minimum absolute atomic E-state index is 0.0636. The SMILES string of the molecule is CCOC(=O)N(C)c1ccc(NC(=O)NCC(c2ccco2)N(C)C)cc1. The summed E-state index contributed by atoms with van der Waals surface area (Å²) >= 11 is 0. The van der Waals surface area contributed by atoms with Gasteiger partial charge in [0.25, 0.3) is 0 Å². The molecular weight excluding hydrogens is 348 g/mol. The van der Waals surface area contributed by atoms with E-state index in [4.69, 9.17) is 9.15 Å². The summed E-state index contributed by atoms with van der Waals surface area (Å²) in [5.41, 5.74) is 1.29. The van der Waals surface area contributed by atoms with Gasteiger partial charge in [-0.1, -0.05) is 0 Å². The van der Waals surface area contributed by atoms with Crippen LogP contribution in [0.3, 0.4) is 0 Å². The molecule has 1 atom stereocenters. The van der Waals surface area contributed by atoms with Crippen molar-refractivity contribution in [2.45, 2.75) is 13.0 Å². The largest absolute Gasteiger partial charge is 0.468 e. The maximum absolute atomic E-state index is 12.2. The van der Waals surface area contributed by atoms with Crippen LogP contribution in [0.5, 0.6) is 0 Å². The number of urea groups is 1. The molecule has 146 valence electrons. The van der Waals surface area contributed by atoms with Gasteiger partial charge in [-0.2, -0.15) is 0 Å². The van der Waals surface area contributed by atoms with E-state index >= 15 is 0 Å². The quantitative estimate of drug-likeness (QED) is 0.776. The van der Waals surface area contributed by atoms with E-state index in [9.17, 15) is 9.59 Å². The molecule has 0 saturated heterocycles. The van der Waals surface area contributed by atoms with Crippen molar-refractivity contribution in [1.82, 2.24) is 10.2 Å². The third kappa shape index (κ3) is 5.75. The Bertz CT molecular complexity index is 729. The molecule has 0 aliphatic rings. The number of furan rings is 1. The van der Waals surface area contributed by atoms with Gasteiger partial charge in [0.05, 0.1) is 18.9 Å². The Balaban J connectivity index is 1.89. The fraction of sp³-hybridized carbons (Fsp3) is 0.368. The Morgan fingerprint density at radius 1 is 1.15 bits per heavy atom. The van der Waals surface area contributed by atoms with Gasteiger partial charge >= 0.3 is 12.1 Å². The summed E-state index contributed by atoms with van der Waals surface area (Å²) in [5, 5.41) is 5.61. The molecule has 1 heterocycles. The number of likely N-dealkylation sites (N-methyl/N-ethyl adjacent to an activating group) is 1. The molecule has 2 N–H and O–H groups in total. The van der Waals surface area contributed by atoms with Gasteiger partial charge in [0, 0.05) is 25.0 Å². The van der Waals surface area contributed by atoms with E-state index in [1.807, 2.05) is 31.1 Å². The average molecular weight is 374 g/mol. The first-order valence-electron chi connectivity index (χ1n) is 8.67. The Kier molecular flexibility index (Phi) is 7.25. The molecule has 1 aromatic carbocycles. The molecule has 0 saturated carbocycles. The van der Waals surface area contributed by atoms with E-state index in [0.29, 0.717) is 24.5 Å². The predicted octanol–water partition coefficient (Wildman–Crippen LogP) is 3.30. The molecule has 0 aliphatic heterocycles. The first-order valence-corrected chi connectivity index (χ1v) is 8.67. The third-order valence-electron chi connectivity index (χ3n) is 4.01. The van der Waals surface area contributed by atoms with Crippen LogP contribution in [-0.4, -0.2) is 51.3 Å². The predicted molar refractivity (Wildman–Crippen MR) is 104 cm³/mol. The van der Waals surface area contributed by atoms with Crippen LogP contribution in [-0.2, 0) is 4.74 Å². The first-order chi connectivity index (χ1) is 12.9. The number of ether oxygens (including phenoxy) is 1. The summed E-state index contributed by atoms with van der Waals surface area (Å²) in [6, 6.07) is 10.2. The molecule has 3 amide bonds. The van der Waals surface area contributed by atoms with Crippen LogP contribution < -0.4 is 15.5 Å².